The Bertz CT molecular complexity index is 106. The Labute approximate surface area is 74.7 Å². The van der Waals surface area contributed by atoms with Crippen molar-refractivity contribution in [3.8, 4) is 0 Å². The van der Waals surface area contributed by atoms with Gasteiger partial charge in [-0.15, -0.1) is 0 Å². The Balaban J connectivity index is 0.000000561. The molecule has 0 saturated carbocycles. The van der Waals surface area contributed by atoms with E-state index >= 15 is 0 Å². The first-order chi connectivity index (χ1) is 5.74. The molecule has 3 heteroatoms. The molecule has 1 fully saturated rings. The monoisotopic (exact) mass is 176 g/mol. The highest BCUT2D eigenvalue weighted by Gasteiger charge is 2.25. The van der Waals surface area contributed by atoms with Crippen molar-refractivity contribution in [3.05, 3.63) is 0 Å². The maximum atomic E-state index is 9.21. The number of aliphatic hydroxyl groups is 1. The lowest BCUT2D eigenvalue weighted by molar-refractivity contribution is -0.206. The summed E-state index contributed by atoms with van der Waals surface area (Å²) in [5.74, 6) is 0. The van der Waals surface area contributed by atoms with Gasteiger partial charge in [-0.3, -0.25) is 0 Å². The Morgan fingerprint density at radius 2 is 1.92 bits per heavy atom. The Hall–Kier alpha value is -0.120. The van der Waals surface area contributed by atoms with Crippen LogP contribution in [0.25, 0.3) is 0 Å². The van der Waals surface area contributed by atoms with Crippen LogP contribution < -0.4 is 0 Å². The second-order valence-electron chi connectivity index (χ2n) is 2.65. The van der Waals surface area contributed by atoms with Crippen LogP contribution in [0.4, 0.5) is 0 Å². The van der Waals surface area contributed by atoms with Crippen LogP contribution in [-0.2, 0) is 9.47 Å². The molecule has 1 saturated heterocycles. The average molecular weight is 176 g/mol. The molecule has 0 aromatic heterocycles. The van der Waals surface area contributed by atoms with Crippen LogP contribution in [0.3, 0.4) is 0 Å². The Kier molecular flexibility index (Phi) is 6.34. The molecule has 0 aliphatic carbocycles. The van der Waals surface area contributed by atoms with E-state index in [1.807, 2.05) is 20.8 Å². The normalized spacial score (nSPS) is 35.2. The number of methoxy groups -OCH3 is 1. The van der Waals surface area contributed by atoms with Crippen LogP contribution in [-0.4, -0.2) is 30.7 Å². The SMILES string of the molecule is CC.COC1CCC(O)C(C)O1. The Morgan fingerprint density at radius 3 is 2.33 bits per heavy atom. The van der Waals surface area contributed by atoms with E-state index in [0.717, 1.165) is 12.8 Å². The lowest BCUT2D eigenvalue weighted by Crippen LogP contribution is -2.37. The van der Waals surface area contributed by atoms with Crippen molar-refractivity contribution in [2.45, 2.75) is 52.1 Å². The number of rotatable bonds is 1. The van der Waals surface area contributed by atoms with Crippen molar-refractivity contribution in [1.29, 1.82) is 0 Å². The summed E-state index contributed by atoms with van der Waals surface area (Å²) in [6.45, 7) is 5.86. The highest BCUT2D eigenvalue weighted by molar-refractivity contribution is 4.70. The van der Waals surface area contributed by atoms with Gasteiger partial charge in [0.25, 0.3) is 0 Å². The topological polar surface area (TPSA) is 38.7 Å². The summed E-state index contributed by atoms with van der Waals surface area (Å²) in [5.41, 5.74) is 0. The van der Waals surface area contributed by atoms with Crippen LogP contribution in [0.1, 0.15) is 33.6 Å². The quantitative estimate of drug-likeness (QED) is 0.658. The lowest BCUT2D eigenvalue weighted by atomic mass is 10.1. The molecule has 3 nitrogen and oxygen atoms in total. The van der Waals surface area contributed by atoms with E-state index in [0.29, 0.717) is 0 Å². The fourth-order valence-electron chi connectivity index (χ4n) is 1.11. The highest BCUT2D eigenvalue weighted by atomic mass is 16.7. The molecule has 1 aliphatic rings. The van der Waals surface area contributed by atoms with Gasteiger partial charge in [0.15, 0.2) is 6.29 Å². The summed E-state index contributed by atoms with van der Waals surface area (Å²) >= 11 is 0. The molecule has 0 bridgehead atoms. The van der Waals surface area contributed by atoms with Gasteiger partial charge in [-0.1, -0.05) is 13.8 Å². The largest absolute Gasteiger partial charge is 0.390 e. The molecule has 0 amide bonds. The molecule has 74 valence electrons. The van der Waals surface area contributed by atoms with E-state index in [1.54, 1.807) is 7.11 Å². The molecule has 0 aromatic carbocycles. The van der Waals surface area contributed by atoms with E-state index < -0.39 is 0 Å². The predicted octanol–water partition coefficient (Wildman–Crippen LogP) is 1.54. The van der Waals surface area contributed by atoms with Crippen molar-refractivity contribution >= 4 is 0 Å². The van der Waals surface area contributed by atoms with Crippen molar-refractivity contribution < 1.29 is 14.6 Å². The zero-order valence-corrected chi connectivity index (χ0v) is 8.41. The van der Waals surface area contributed by atoms with Gasteiger partial charge < -0.3 is 14.6 Å². The minimum absolute atomic E-state index is 0.0845. The fraction of sp³-hybridized carbons (Fsp3) is 1.00. The molecule has 3 unspecified atom stereocenters. The van der Waals surface area contributed by atoms with Gasteiger partial charge in [0.1, 0.15) is 0 Å². The second kappa shape index (κ2) is 6.40. The summed E-state index contributed by atoms with van der Waals surface area (Å²) < 4.78 is 10.3. The molecule has 3 atom stereocenters. The molecular weight excluding hydrogens is 156 g/mol. The zero-order chi connectivity index (χ0) is 9.56. The number of hydrogen-bond donors (Lipinski definition) is 1. The maximum absolute atomic E-state index is 9.21. The highest BCUT2D eigenvalue weighted by Crippen LogP contribution is 2.19. The zero-order valence-electron chi connectivity index (χ0n) is 8.41. The van der Waals surface area contributed by atoms with Gasteiger partial charge in [-0.05, 0) is 13.3 Å². The molecule has 1 N–H and O–H groups in total. The van der Waals surface area contributed by atoms with Crippen molar-refractivity contribution in [3.63, 3.8) is 0 Å². The van der Waals surface area contributed by atoms with E-state index in [4.69, 9.17) is 9.47 Å². The molecule has 1 rings (SSSR count). The molecule has 1 heterocycles. The maximum Gasteiger partial charge on any atom is 0.157 e. The summed E-state index contributed by atoms with van der Waals surface area (Å²) in [6.07, 6.45) is 1.06. The predicted molar refractivity (Wildman–Crippen MR) is 47.9 cm³/mol. The van der Waals surface area contributed by atoms with Crippen LogP contribution in [0.2, 0.25) is 0 Å². The molecule has 0 aromatic rings. The third kappa shape index (κ3) is 3.52. The third-order valence-electron chi connectivity index (χ3n) is 1.87. The molecular formula is C9H20O3. The van der Waals surface area contributed by atoms with Crippen molar-refractivity contribution in [2.75, 3.05) is 7.11 Å². The van der Waals surface area contributed by atoms with Gasteiger partial charge in [-0.25, -0.2) is 0 Å². The molecule has 0 spiro atoms. The summed E-state index contributed by atoms with van der Waals surface area (Å²) in [6, 6.07) is 0. The fourth-order valence-corrected chi connectivity index (χ4v) is 1.11. The van der Waals surface area contributed by atoms with Gasteiger partial charge in [0.05, 0.1) is 12.2 Å². The van der Waals surface area contributed by atoms with E-state index in [2.05, 4.69) is 0 Å². The van der Waals surface area contributed by atoms with E-state index in [-0.39, 0.29) is 18.5 Å². The lowest BCUT2D eigenvalue weighted by Gasteiger charge is -2.30. The number of ether oxygens (including phenoxy) is 2. The first kappa shape index (κ1) is 11.9. The summed E-state index contributed by atoms with van der Waals surface area (Å²) in [4.78, 5) is 0. The van der Waals surface area contributed by atoms with Crippen molar-refractivity contribution in [2.24, 2.45) is 0 Å². The summed E-state index contributed by atoms with van der Waals surface area (Å²) in [7, 11) is 1.62. The molecule has 0 radical (unpaired) electrons. The average Bonchev–Trinajstić information content (AvgIpc) is 2.13. The van der Waals surface area contributed by atoms with E-state index in [1.165, 1.54) is 0 Å². The second-order valence-corrected chi connectivity index (χ2v) is 2.65. The summed E-state index contributed by atoms with van der Waals surface area (Å²) in [5, 5.41) is 9.21. The van der Waals surface area contributed by atoms with Crippen molar-refractivity contribution in [1.82, 2.24) is 0 Å². The van der Waals surface area contributed by atoms with E-state index in [9.17, 15) is 5.11 Å². The Morgan fingerprint density at radius 1 is 1.33 bits per heavy atom. The van der Waals surface area contributed by atoms with Crippen LogP contribution in [0.15, 0.2) is 0 Å². The van der Waals surface area contributed by atoms with Gasteiger partial charge in [-0.2, -0.15) is 0 Å². The number of aliphatic hydroxyl groups excluding tert-OH is 1. The minimum atomic E-state index is -0.314. The first-order valence-corrected chi connectivity index (χ1v) is 4.60. The minimum Gasteiger partial charge on any atom is -0.390 e. The standard InChI is InChI=1S/C7H14O3.C2H6/c1-5-6(8)3-4-7(9-2)10-5;1-2/h5-8H,3-4H2,1-2H3;1-2H3. The molecule has 12 heavy (non-hydrogen) atoms. The first-order valence-electron chi connectivity index (χ1n) is 4.60. The van der Waals surface area contributed by atoms with Gasteiger partial charge in [0.2, 0.25) is 0 Å². The molecule has 1 aliphatic heterocycles. The third-order valence-corrected chi connectivity index (χ3v) is 1.87. The van der Waals surface area contributed by atoms with Gasteiger partial charge >= 0.3 is 0 Å². The van der Waals surface area contributed by atoms with Crippen LogP contribution in [0, 0.1) is 0 Å². The van der Waals surface area contributed by atoms with Crippen LogP contribution >= 0.6 is 0 Å². The number of hydrogen-bond acceptors (Lipinski definition) is 3. The van der Waals surface area contributed by atoms with Gasteiger partial charge in [0, 0.05) is 13.5 Å². The smallest absolute Gasteiger partial charge is 0.157 e. The van der Waals surface area contributed by atoms with Crippen LogP contribution in [0.5, 0.6) is 0 Å².